The van der Waals surface area contributed by atoms with Gasteiger partial charge in [-0.25, -0.2) is 0 Å². The predicted octanol–water partition coefficient (Wildman–Crippen LogP) is 3.21. The molecule has 0 aliphatic heterocycles. The number of aliphatic carboxylic acids is 1. The fourth-order valence-electron chi connectivity index (χ4n) is 1.85. The molecule has 0 amide bonds. The number of hydrogen-bond acceptors (Lipinski definition) is 1. The van der Waals surface area contributed by atoms with Crippen molar-refractivity contribution in [1.29, 1.82) is 0 Å². The second-order valence-corrected chi connectivity index (χ2v) is 4.98. The Balaban J connectivity index is 2.91. The van der Waals surface area contributed by atoms with E-state index in [-0.39, 0.29) is 0 Å². The molecule has 0 saturated carbocycles. The van der Waals surface area contributed by atoms with Crippen LogP contribution >= 0.6 is 0 Å². The quantitative estimate of drug-likeness (QED) is 0.846. The van der Waals surface area contributed by atoms with Gasteiger partial charge in [-0.05, 0) is 50.3 Å². The maximum Gasteiger partial charge on any atom is 0.309 e. The summed E-state index contributed by atoms with van der Waals surface area (Å²) in [6.45, 7) is 7.73. The van der Waals surface area contributed by atoms with Crippen LogP contribution in [0.4, 0.5) is 0 Å². The van der Waals surface area contributed by atoms with Gasteiger partial charge in [0.25, 0.3) is 0 Å². The monoisotopic (exact) mass is 220 g/mol. The summed E-state index contributed by atoms with van der Waals surface area (Å²) in [5, 5.41) is 9.07. The van der Waals surface area contributed by atoms with Crippen LogP contribution in [-0.2, 0) is 17.6 Å². The first-order valence-electron chi connectivity index (χ1n) is 5.68. The molecule has 2 nitrogen and oxygen atoms in total. The van der Waals surface area contributed by atoms with Crippen molar-refractivity contribution in [2.45, 2.75) is 40.5 Å². The Hall–Kier alpha value is -1.31. The maximum absolute atomic E-state index is 11.0. The van der Waals surface area contributed by atoms with Crippen molar-refractivity contribution >= 4 is 5.97 Å². The number of aryl methyl sites for hydroxylation is 2. The van der Waals surface area contributed by atoms with Gasteiger partial charge in [0.05, 0.1) is 5.41 Å². The minimum absolute atomic E-state index is 0.577. The van der Waals surface area contributed by atoms with E-state index in [2.05, 4.69) is 26.0 Å². The topological polar surface area (TPSA) is 37.3 Å². The maximum atomic E-state index is 11.0. The number of rotatable bonds is 4. The van der Waals surface area contributed by atoms with Crippen LogP contribution in [0.15, 0.2) is 18.2 Å². The average Bonchev–Trinajstić information content (AvgIpc) is 2.17. The molecule has 0 spiro atoms. The lowest BCUT2D eigenvalue weighted by Gasteiger charge is -2.19. The molecule has 0 bridgehead atoms. The van der Waals surface area contributed by atoms with Crippen molar-refractivity contribution in [2.24, 2.45) is 5.41 Å². The third-order valence-electron chi connectivity index (χ3n) is 3.01. The Morgan fingerprint density at radius 1 is 1.38 bits per heavy atom. The van der Waals surface area contributed by atoms with Crippen LogP contribution in [0.3, 0.4) is 0 Å². The Bertz CT molecular complexity index is 392. The highest BCUT2D eigenvalue weighted by Gasteiger charge is 2.27. The number of carboxylic acid groups (broad SMARTS) is 1. The first kappa shape index (κ1) is 12.8. The van der Waals surface area contributed by atoms with E-state index in [9.17, 15) is 4.79 Å². The van der Waals surface area contributed by atoms with Crippen molar-refractivity contribution in [3.8, 4) is 0 Å². The van der Waals surface area contributed by atoms with Gasteiger partial charge in [0.15, 0.2) is 0 Å². The molecule has 1 N–H and O–H groups in total. The van der Waals surface area contributed by atoms with E-state index in [0.29, 0.717) is 6.42 Å². The lowest BCUT2D eigenvalue weighted by molar-refractivity contribution is -0.146. The highest BCUT2D eigenvalue weighted by molar-refractivity contribution is 5.74. The van der Waals surface area contributed by atoms with Gasteiger partial charge < -0.3 is 5.11 Å². The second-order valence-electron chi connectivity index (χ2n) is 4.98. The van der Waals surface area contributed by atoms with Gasteiger partial charge in [-0.1, -0.05) is 25.1 Å². The molecule has 0 aliphatic rings. The SMILES string of the molecule is CCc1ccc(CC(C)(C)C(=O)O)cc1C. The van der Waals surface area contributed by atoms with E-state index in [1.807, 2.05) is 6.07 Å². The lowest BCUT2D eigenvalue weighted by atomic mass is 9.85. The van der Waals surface area contributed by atoms with Crippen LogP contribution in [-0.4, -0.2) is 11.1 Å². The molecule has 0 fully saturated rings. The molecule has 16 heavy (non-hydrogen) atoms. The molecule has 0 atom stereocenters. The Labute approximate surface area is 97.3 Å². The Morgan fingerprint density at radius 3 is 2.44 bits per heavy atom. The van der Waals surface area contributed by atoms with Gasteiger partial charge in [-0.15, -0.1) is 0 Å². The largest absolute Gasteiger partial charge is 0.481 e. The van der Waals surface area contributed by atoms with Crippen LogP contribution in [0, 0.1) is 12.3 Å². The fourth-order valence-corrected chi connectivity index (χ4v) is 1.85. The number of carbonyl (C=O) groups is 1. The first-order chi connectivity index (χ1) is 7.36. The van der Waals surface area contributed by atoms with Gasteiger partial charge in [0.2, 0.25) is 0 Å². The van der Waals surface area contributed by atoms with Gasteiger partial charge in [-0.2, -0.15) is 0 Å². The standard InChI is InChI=1S/C14H20O2/c1-5-12-7-6-11(8-10(12)2)9-14(3,4)13(15)16/h6-8H,5,9H2,1-4H3,(H,15,16). The number of benzene rings is 1. The van der Waals surface area contributed by atoms with Crippen LogP contribution in [0.1, 0.15) is 37.5 Å². The van der Waals surface area contributed by atoms with Crippen molar-refractivity contribution < 1.29 is 9.90 Å². The van der Waals surface area contributed by atoms with Crippen LogP contribution in [0.2, 0.25) is 0 Å². The smallest absolute Gasteiger partial charge is 0.309 e. The Kier molecular flexibility index (Phi) is 3.74. The average molecular weight is 220 g/mol. The Morgan fingerprint density at radius 2 is 2.00 bits per heavy atom. The third kappa shape index (κ3) is 2.84. The molecule has 0 aromatic heterocycles. The minimum Gasteiger partial charge on any atom is -0.481 e. The van der Waals surface area contributed by atoms with Crippen molar-refractivity contribution in [3.05, 3.63) is 34.9 Å². The second kappa shape index (κ2) is 4.69. The van der Waals surface area contributed by atoms with E-state index in [1.165, 1.54) is 11.1 Å². The summed E-state index contributed by atoms with van der Waals surface area (Å²) in [6, 6.07) is 6.24. The highest BCUT2D eigenvalue weighted by atomic mass is 16.4. The summed E-state index contributed by atoms with van der Waals surface area (Å²) in [7, 11) is 0. The molecule has 0 saturated heterocycles. The van der Waals surface area contributed by atoms with E-state index in [4.69, 9.17) is 5.11 Å². The number of hydrogen-bond donors (Lipinski definition) is 1. The summed E-state index contributed by atoms with van der Waals surface area (Å²) in [4.78, 5) is 11.0. The predicted molar refractivity (Wildman–Crippen MR) is 65.7 cm³/mol. The summed E-state index contributed by atoms with van der Waals surface area (Å²) < 4.78 is 0. The molecule has 1 aromatic rings. The molecule has 0 radical (unpaired) electrons. The van der Waals surface area contributed by atoms with Crippen molar-refractivity contribution in [2.75, 3.05) is 0 Å². The van der Waals surface area contributed by atoms with Crippen LogP contribution < -0.4 is 0 Å². The molecule has 0 heterocycles. The molecular formula is C14H20O2. The van der Waals surface area contributed by atoms with Crippen molar-refractivity contribution in [1.82, 2.24) is 0 Å². The molecule has 1 aromatic carbocycles. The zero-order chi connectivity index (χ0) is 12.3. The molecule has 2 heteroatoms. The molecular weight excluding hydrogens is 200 g/mol. The summed E-state index contributed by atoms with van der Waals surface area (Å²) in [5.41, 5.74) is 2.99. The zero-order valence-corrected chi connectivity index (χ0v) is 10.5. The third-order valence-corrected chi connectivity index (χ3v) is 3.01. The van der Waals surface area contributed by atoms with E-state index < -0.39 is 11.4 Å². The van der Waals surface area contributed by atoms with Crippen molar-refractivity contribution in [3.63, 3.8) is 0 Å². The highest BCUT2D eigenvalue weighted by Crippen LogP contribution is 2.23. The fraction of sp³-hybridized carbons (Fsp3) is 0.500. The first-order valence-corrected chi connectivity index (χ1v) is 5.68. The van der Waals surface area contributed by atoms with E-state index >= 15 is 0 Å². The van der Waals surface area contributed by atoms with Gasteiger partial charge in [0.1, 0.15) is 0 Å². The minimum atomic E-state index is -0.746. The lowest BCUT2D eigenvalue weighted by Crippen LogP contribution is -2.26. The summed E-state index contributed by atoms with van der Waals surface area (Å²) in [6.07, 6.45) is 1.60. The molecule has 88 valence electrons. The zero-order valence-electron chi connectivity index (χ0n) is 10.5. The van der Waals surface area contributed by atoms with Gasteiger partial charge in [-0.3, -0.25) is 4.79 Å². The summed E-state index contributed by atoms with van der Waals surface area (Å²) >= 11 is 0. The van der Waals surface area contributed by atoms with Gasteiger partial charge >= 0.3 is 5.97 Å². The van der Waals surface area contributed by atoms with Gasteiger partial charge in [0, 0.05) is 0 Å². The van der Waals surface area contributed by atoms with Crippen LogP contribution in [0.25, 0.3) is 0 Å². The molecule has 1 rings (SSSR count). The normalized spacial score (nSPS) is 11.5. The molecule has 0 unspecified atom stereocenters. The molecule has 0 aliphatic carbocycles. The summed E-state index contributed by atoms with van der Waals surface area (Å²) in [5.74, 6) is -0.746. The van der Waals surface area contributed by atoms with Crippen LogP contribution in [0.5, 0.6) is 0 Å². The number of carboxylic acids is 1. The van der Waals surface area contributed by atoms with E-state index in [0.717, 1.165) is 12.0 Å². The van der Waals surface area contributed by atoms with E-state index in [1.54, 1.807) is 13.8 Å².